The third-order valence-corrected chi connectivity index (χ3v) is 5.23. The fraction of sp³-hybridized carbons (Fsp3) is 0.462. The van der Waals surface area contributed by atoms with Crippen LogP contribution in [0.2, 0.25) is 0 Å². The molecule has 0 saturated heterocycles. The lowest BCUT2D eigenvalue weighted by Crippen LogP contribution is -2.40. The molecule has 1 aromatic carbocycles. The van der Waals surface area contributed by atoms with Gasteiger partial charge in [0.2, 0.25) is 10.0 Å². The molecule has 104 valence electrons. The minimum Gasteiger partial charge on any atom is -0.480 e. The van der Waals surface area contributed by atoms with Gasteiger partial charge in [-0.15, -0.1) is 0 Å². The SMILES string of the molecule is CC(C(=O)O)S(=O)(=O)NC1CCCc2ccccc21. The molecular formula is C13H17NO4S. The van der Waals surface area contributed by atoms with Crippen molar-refractivity contribution >= 4 is 16.0 Å². The highest BCUT2D eigenvalue weighted by Gasteiger charge is 2.31. The van der Waals surface area contributed by atoms with Crippen molar-refractivity contribution in [3.8, 4) is 0 Å². The van der Waals surface area contributed by atoms with Crippen molar-refractivity contribution in [1.82, 2.24) is 4.72 Å². The average molecular weight is 283 g/mol. The van der Waals surface area contributed by atoms with Crippen LogP contribution in [0, 0.1) is 0 Å². The molecule has 1 aliphatic rings. The van der Waals surface area contributed by atoms with E-state index in [1.165, 1.54) is 6.92 Å². The zero-order valence-electron chi connectivity index (χ0n) is 10.7. The van der Waals surface area contributed by atoms with Gasteiger partial charge in [0.25, 0.3) is 0 Å². The summed E-state index contributed by atoms with van der Waals surface area (Å²) < 4.78 is 26.4. The summed E-state index contributed by atoms with van der Waals surface area (Å²) in [5.74, 6) is -1.34. The van der Waals surface area contributed by atoms with Crippen molar-refractivity contribution in [3.05, 3.63) is 35.4 Å². The van der Waals surface area contributed by atoms with Gasteiger partial charge in [0.1, 0.15) is 0 Å². The predicted molar refractivity (Wildman–Crippen MR) is 71.3 cm³/mol. The molecule has 0 aromatic heterocycles. The molecule has 19 heavy (non-hydrogen) atoms. The Kier molecular flexibility index (Phi) is 3.91. The summed E-state index contributed by atoms with van der Waals surface area (Å²) in [6, 6.07) is 7.35. The number of hydrogen-bond acceptors (Lipinski definition) is 3. The predicted octanol–water partition coefficient (Wildman–Crippen LogP) is 1.46. The van der Waals surface area contributed by atoms with Crippen LogP contribution in [0.25, 0.3) is 0 Å². The van der Waals surface area contributed by atoms with Gasteiger partial charge in [0, 0.05) is 6.04 Å². The second kappa shape index (κ2) is 5.30. The van der Waals surface area contributed by atoms with Crippen molar-refractivity contribution in [2.75, 3.05) is 0 Å². The van der Waals surface area contributed by atoms with E-state index in [1.807, 2.05) is 24.3 Å². The zero-order valence-corrected chi connectivity index (χ0v) is 11.5. The molecule has 0 bridgehead atoms. The minimum atomic E-state index is -3.85. The van der Waals surface area contributed by atoms with Crippen LogP contribution in [0.3, 0.4) is 0 Å². The number of rotatable bonds is 4. The maximum Gasteiger partial charge on any atom is 0.323 e. The van der Waals surface area contributed by atoms with Crippen LogP contribution in [0.1, 0.15) is 36.9 Å². The Morgan fingerprint density at radius 3 is 2.79 bits per heavy atom. The summed E-state index contributed by atoms with van der Waals surface area (Å²) in [6.07, 6.45) is 2.52. The first-order valence-electron chi connectivity index (χ1n) is 6.23. The average Bonchev–Trinajstić information content (AvgIpc) is 2.38. The Bertz CT molecular complexity index is 582. The van der Waals surface area contributed by atoms with E-state index in [4.69, 9.17) is 5.11 Å². The molecule has 0 aliphatic heterocycles. The van der Waals surface area contributed by atoms with Gasteiger partial charge in [-0.2, -0.15) is 0 Å². The summed E-state index contributed by atoms with van der Waals surface area (Å²) in [7, 11) is -3.85. The highest BCUT2D eigenvalue weighted by molar-refractivity contribution is 7.90. The lowest BCUT2D eigenvalue weighted by atomic mass is 9.88. The number of hydrogen-bond donors (Lipinski definition) is 2. The van der Waals surface area contributed by atoms with Gasteiger partial charge >= 0.3 is 5.97 Å². The number of aryl methyl sites for hydroxylation is 1. The number of benzene rings is 1. The Hall–Kier alpha value is -1.40. The quantitative estimate of drug-likeness (QED) is 0.876. The summed E-state index contributed by atoms with van der Waals surface area (Å²) in [5.41, 5.74) is 2.08. The lowest BCUT2D eigenvalue weighted by molar-refractivity contribution is -0.136. The third kappa shape index (κ3) is 2.96. The third-order valence-electron chi connectivity index (χ3n) is 3.49. The fourth-order valence-corrected chi connectivity index (χ4v) is 3.42. The van der Waals surface area contributed by atoms with Crippen LogP contribution in [0.15, 0.2) is 24.3 Å². The number of carboxylic acid groups (broad SMARTS) is 1. The molecule has 6 heteroatoms. The van der Waals surface area contributed by atoms with Crippen LogP contribution in [0.5, 0.6) is 0 Å². The topological polar surface area (TPSA) is 83.5 Å². The van der Waals surface area contributed by atoms with Gasteiger partial charge in [-0.3, -0.25) is 4.79 Å². The molecule has 0 spiro atoms. The van der Waals surface area contributed by atoms with Crippen LogP contribution in [-0.2, 0) is 21.2 Å². The van der Waals surface area contributed by atoms with Gasteiger partial charge < -0.3 is 5.11 Å². The minimum absolute atomic E-state index is 0.322. The highest BCUT2D eigenvalue weighted by atomic mass is 32.2. The second-order valence-electron chi connectivity index (χ2n) is 4.79. The van der Waals surface area contributed by atoms with Gasteiger partial charge in [-0.1, -0.05) is 24.3 Å². The number of sulfonamides is 1. The molecule has 0 saturated carbocycles. The molecule has 0 radical (unpaired) electrons. The van der Waals surface area contributed by atoms with E-state index < -0.39 is 21.2 Å². The molecule has 2 unspecified atom stereocenters. The first-order valence-corrected chi connectivity index (χ1v) is 7.78. The Morgan fingerprint density at radius 1 is 1.42 bits per heavy atom. The van der Waals surface area contributed by atoms with Crippen molar-refractivity contribution in [2.45, 2.75) is 37.5 Å². The van der Waals surface area contributed by atoms with Gasteiger partial charge in [0.15, 0.2) is 5.25 Å². The van der Waals surface area contributed by atoms with Gasteiger partial charge in [0.05, 0.1) is 0 Å². The van der Waals surface area contributed by atoms with Gasteiger partial charge in [-0.25, -0.2) is 13.1 Å². The van der Waals surface area contributed by atoms with E-state index >= 15 is 0 Å². The van der Waals surface area contributed by atoms with Crippen LogP contribution >= 0.6 is 0 Å². The monoisotopic (exact) mass is 283 g/mol. The smallest absolute Gasteiger partial charge is 0.323 e. The zero-order chi connectivity index (χ0) is 14.0. The van der Waals surface area contributed by atoms with E-state index in [0.29, 0.717) is 6.42 Å². The van der Waals surface area contributed by atoms with E-state index in [2.05, 4.69) is 4.72 Å². The number of carboxylic acids is 1. The molecule has 5 nitrogen and oxygen atoms in total. The molecule has 1 aliphatic carbocycles. The van der Waals surface area contributed by atoms with E-state index in [0.717, 1.165) is 24.0 Å². The van der Waals surface area contributed by atoms with E-state index in [9.17, 15) is 13.2 Å². The van der Waals surface area contributed by atoms with Gasteiger partial charge in [-0.05, 0) is 37.3 Å². The Labute approximate surface area is 112 Å². The summed E-state index contributed by atoms with van der Waals surface area (Å²) in [5, 5.41) is 7.38. The summed E-state index contributed by atoms with van der Waals surface area (Å²) in [6.45, 7) is 1.18. The molecule has 1 aromatic rings. The number of fused-ring (bicyclic) bond motifs is 1. The Morgan fingerprint density at radius 2 is 2.11 bits per heavy atom. The second-order valence-corrected chi connectivity index (χ2v) is 6.82. The highest BCUT2D eigenvalue weighted by Crippen LogP contribution is 2.30. The summed E-state index contributed by atoms with van der Waals surface area (Å²) in [4.78, 5) is 10.8. The normalized spacial score (nSPS) is 20.6. The largest absolute Gasteiger partial charge is 0.480 e. The molecule has 0 heterocycles. The van der Waals surface area contributed by atoms with Crippen LogP contribution in [-0.4, -0.2) is 24.7 Å². The van der Waals surface area contributed by atoms with Crippen LogP contribution < -0.4 is 4.72 Å². The molecule has 0 amide bonds. The molecule has 2 atom stereocenters. The molecule has 0 fully saturated rings. The van der Waals surface area contributed by atoms with Crippen molar-refractivity contribution in [1.29, 1.82) is 0 Å². The van der Waals surface area contributed by atoms with E-state index in [1.54, 1.807) is 0 Å². The maximum atomic E-state index is 12.0. The standard InChI is InChI=1S/C13H17NO4S/c1-9(13(15)16)19(17,18)14-12-8-4-6-10-5-2-3-7-11(10)12/h2-3,5,7,9,12,14H,4,6,8H2,1H3,(H,15,16). The van der Waals surface area contributed by atoms with Crippen molar-refractivity contribution < 1.29 is 18.3 Å². The molecule has 2 rings (SSSR count). The van der Waals surface area contributed by atoms with Crippen LogP contribution in [0.4, 0.5) is 0 Å². The summed E-state index contributed by atoms with van der Waals surface area (Å²) >= 11 is 0. The number of nitrogens with one attached hydrogen (secondary N) is 1. The maximum absolute atomic E-state index is 12.0. The number of carbonyl (C=O) groups is 1. The first-order chi connectivity index (χ1) is 8.92. The number of aliphatic carboxylic acids is 1. The van der Waals surface area contributed by atoms with Crippen molar-refractivity contribution in [2.24, 2.45) is 0 Å². The Balaban J connectivity index is 2.24. The first kappa shape index (κ1) is 14.0. The molecule has 2 N–H and O–H groups in total. The fourth-order valence-electron chi connectivity index (χ4n) is 2.31. The van der Waals surface area contributed by atoms with E-state index in [-0.39, 0.29) is 6.04 Å². The van der Waals surface area contributed by atoms with Crippen molar-refractivity contribution in [3.63, 3.8) is 0 Å². The lowest BCUT2D eigenvalue weighted by Gasteiger charge is -2.26. The molecular weight excluding hydrogens is 266 g/mol.